The highest BCUT2D eigenvalue weighted by Gasteiger charge is 2.01. The van der Waals surface area contributed by atoms with E-state index in [9.17, 15) is 9.59 Å². The van der Waals surface area contributed by atoms with Crippen LogP contribution in [0.15, 0.2) is 50.4 Å². The molecule has 3 aromatic rings. The zero-order valence-corrected chi connectivity index (χ0v) is 12.0. The van der Waals surface area contributed by atoms with E-state index >= 15 is 0 Å². The third-order valence-electron chi connectivity index (χ3n) is 3.04. The minimum atomic E-state index is -0.485. The lowest BCUT2D eigenvalue weighted by molar-refractivity contribution is 0.777. The van der Waals surface area contributed by atoms with Crippen LogP contribution in [0.2, 0.25) is 0 Å². The molecule has 0 atom stereocenters. The molecule has 1 aromatic carbocycles. The lowest BCUT2D eigenvalue weighted by Gasteiger charge is -2.00. The van der Waals surface area contributed by atoms with Gasteiger partial charge in [-0.25, -0.2) is 4.79 Å². The second-order valence-corrected chi connectivity index (χ2v) is 5.35. The zero-order valence-electron chi connectivity index (χ0n) is 11.2. The summed E-state index contributed by atoms with van der Waals surface area (Å²) in [5.74, 6) is 0.263. The fourth-order valence-corrected chi connectivity index (χ4v) is 2.80. The highest BCUT2D eigenvalue weighted by molar-refractivity contribution is 7.17. The SMILES string of the molecule is Cn1c(=O)cc(NN=Cc2csc3ccccc23)[nH]c1=O. The van der Waals surface area contributed by atoms with Crippen LogP contribution in [0.1, 0.15) is 5.56 Å². The fraction of sp³-hybridized carbons (Fsp3) is 0.0714. The predicted molar refractivity (Wildman–Crippen MR) is 85.3 cm³/mol. The topological polar surface area (TPSA) is 79.2 Å². The highest BCUT2D eigenvalue weighted by atomic mass is 32.1. The number of aromatic amines is 1. The molecule has 0 saturated heterocycles. The first-order chi connectivity index (χ1) is 10.1. The number of nitrogens with one attached hydrogen (secondary N) is 2. The Kier molecular flexibility index (Phi) is 3.41. The van der Waals surface area contributed by atoms with E-state index in [1.54, 1.807) is 17.6 Å². The van der Waals surface area contributed by atoms with Crippen LogP contribution in [0.4, 0.5) is 5.82 Å². The Bertz CT molecular complexity index is 905. The van der Waals surface area contributed by atoms with Crippen molar-refractivity contribution in [3.05, 3.63) is 62.1 Å². The highest BCUT2D eigenvalue weighted by Crippen LogP contribution is 2.24. The number of fused-ring (bicyclic) bond motifs is 1. The molecule has 0 aliphatic heterocycles. The molecule has 21 heavy (non-hydrogen) atoms. The van der Waals surface area contributed by atoms with Gasteiger partial charge in [-0.15, -0.1) is 11.3 Å². The van der Waals surface area contributed by atoms with Crippen LogP contribution in [-0.4, -0.2) is 15.8 Å². The van der Waals surface area contributed by atoms with Crippen LogP contribution in [-0.2, 0) is 7.05 Å². The number of nitrogens with zero attached hydrogens (tertiary/aromatic N) is 2. The van der Waals surface area contributed by atoms with E-state index in [1.807, 2.05) is 29.6 Å². The molecule has 0 fully saturated rings. The third kappa shape index (κ3) is 2.63. The van der Waals surface area contributed by atoms with Crippen LogP contribution >= 0.6 is 11.3 Å². The maximum atomic E-state index is 11.5. The molecule has 2 N–H and O–H groups in total. The van der Waals surface area contributed by atoms with Gasteiger partial charge in [0.05, 0.1) is 6.21 Å². The van der Waals surface area contributed by atoms with Gasteiger partial charge in [-0.05, 0) is 6.07 Å². The molecule has 0 radical (unpaired) electrons. The Morgan fingerprint density at radius 1 is 1.33 bits per heavy atom. The van der Waals surface area contributed by atoms with Crippen LogP contribution < -0.4 is 16.7 Å². The average molecular weight is 300 g/mol. The second-order valence-electron chi connectivity index (χ2n) is 4.44. The monoisotopic (exact) mass is 300 g/mol. The molecule has 0 aliphatic rings. The molecular formula is C14H12N4O2S. The molecule has 3 rings (SSSR count). The molecule has 0 bridgehead atoms. The van der Waals surface area contributed by atoms with E-state index in [-0.39, 0.29) is 5.82 Å². The van der Waals surface area contributed by atoms with Crippen molar-refractivity contribution >= 4 is 33.5 Å². The van der Waals surface area contributed by atoms with Gasteiger partial charge in [-0.1, -0.05) is 18.2 Å². The van der Waals surface area contributed by atoms with Crippen molar-refractivity contribution in [1.82, 2.24) is 9.55 Å². The van der Waals surface area contributed by atoms with Gasteiger partial charge in [-0.3, -0.25) is 19.8 Å². The largest absolute Gasteiger partial charge is 0.329 e. The molecule has 7 heteroatoms. The molecule has 2 heterocycles. The summed E-state index contributed by atoms with van der Waals surface area (Å²) in [6.07, 6.45) is 1.66. The average Bonchev–Trinajstić information content (AvgIpc) is 2.88. The van der Waals surface area contributed by atoms with Gasteiger partial charge in [0.25, 0.3) is 5.56 Å². The Balaban J connectivity index is 1.84. The standard InChI is InChI=1S/C14H12N4O2S/c1-18-13(19)6-12(16-14(18)20)17-15-7-9-8-21-11-5-3-2-4-10(9)11/h2-8,17H,1H3,(H,16,20). The Morgan fingerprint density at radius 3 is 2.95 bits per heavy atom. The summed E-state index contributed by atoms with van der Waals surface area (Å²) in [6, 6.07) is 9.31. The van der Waals surface area contributed by atoms with Crippen LogP contribution in [0.25, 0.3) is 10.1 Å². The lowest BCUT2D eigenvalue weighted by atomic mass is 10.2. The smallest absolute Gasteiger partial charge is 0.292 e. The predicted octanol–water partition coefficient (Wildman–Crippen LogP) is 1.73. The van der Waals surface area contributed by atoms with Gasteiger partial charge in [0, 0.05) is 34.1 Å². The number of thiophene rings is 1. The molecule has 0 spiro atoms. The van der Waals surface area contributed by atoms with E-state index in [4.69, 9.17) is 0 Å². The van der Waals surface area contributed by atoms with Gasteiger partial charge in [0.2, 0.25) is 0 Å². The summed E-state index contributed by atoms with van der Waals surface area (Å²) in [5, 5.41) is 7.18. The first-order valence-electron chi connectivity index (χ1n) is 6.21. The van der Waals surface area contributed by atoms with Gasteiger partial charge >= 0.3 is 5.69 Å². The number of hydrogen-bond donors (Lipinski definition) is 2. The van der Waals surface area contributed by atoms with E-state index in [2.05, 4.69) is 15.5 Å². The van der Waals surface area contributed by atoms with Crippen molar-refractivity contribution < 1.29 is 0 Å². The minimum absolute atomic E-state index is 0.263. The molecular weight excluding hydrogens is 288 g/mol. The number of H-pyrrole nitrogens is 1. The summed E-state index contributed by atoms with van der Waals surface area (Å²) < 4.78 is 2.17. The van der Waals surface area contributed by atoms with Gasteiger partial charge < -0.3 is 0 Å². The minimum Gasteiger partial charge on any atom is -0.292 e. The maximum absolute atomic E-state index is 11.5. The molecule has 0 aliphatic carbocycles. The number of rotatable bonds is 3. The Morgan fingerprint density at radius 2 is 2.14 bits per heavy atom. The summed E-state index contributed by atoms with van der Waals surface area (Å²) in [5.41, 5.74) is 2.77. The van der Waals surface area contributed by atoms with Gasteiger partial charge in [-0.2, -0.15) is 5.10 Å². The molecule has 0 unspecified atom stereocenters. The van der Waals surface area contributed by atoms with Crippen molar-refractivity contribution in [3.8, 4) is 0 Å². The summed E-state index contributed by atoms with van der Waals surface area (Å²) in [4.78, 5) is 25.4. The van der Waals surface area contributed by atoms with E-state index < -0.39 is 11.2 Å². The number of hydrazone groups is 1. The first-order valence-corrected chi connectivity index (χ1v) is 7.09. The second kappa shape index (κ2) is 5.37. The third-order valence-corrected chi connectivity index (χ3v) is 4.03. The Labute approximate surface area is 123 Å². The van der Waals surface area contributed by atoms with E-state index in [1.165, 1.54) is 17.8 Å². The van der Waals surface area contributed by atoms with E-state index in [0.717, 1.165) is 15.5 Å². The molecule has 0 amide bonds. The quantitative estimate of drug-likeness (QED) is 0.571. The number of benzene rings is 1. The van der Waals surface area contributed by atoms with Crippen molar-refractivity contribution in [2.45, 2.75) is 0 Å². The Hall–Kier alpha value is -2.67. The number of aromatic nitrogens is 2. The normalized spacial score (nSPS) is 11.3. The molecule has 6 nitrogen and oxygen atoms in total. The van der Waals surface area contributed by atoms with Gasteiger partial charge in [0.15, 0.2) is 0 Å². The lowest BCUT2D eigenvalue weighted by Crippen LogP contribution is -2.32. The first kappa shape index (κ1) is 13.3. The number of anilines is 1. The van der Waals surface area contributed by atoms with Crippen LogP contribution in [0.3, 0.4) is 0 Å². The van der Waals surface area contributed by atoms with Crippen molar-refractivity contribution in [2.75, 3.05) is 5.43 Å². The van der Waals surface area contributed by atoms with Crippen molar-refractivity contribution in [2.24, 2.45) is 12.1 Å². The molecule has 0 saturated carbocycles. The summed E-state index contributed by atoms with van der Waals surface area (Å²) in [6.45, 7) is 0. The molecule has 106 valence electrons. The van der Waals surface area contributed by atoms with Crippen LogP contribution in [0, 0.1) is 0 Å². The summed E-state index contributed by atoms with van der Waals surface area (Å²) >= 11 is 1.64. The van der Waals surface area contributed by atoms with E-state index in [0.29, 0.717) is 0 Å². The number of hydrogen-bond acceptors (Lipinski definition) is 5. The van der Waals surface area contributed by atoms with Crippen LogP contribution in [0.5, 0.6) is 0 Å². The summed E-state index contributed by atoms with van der Waals surface area (Å²) in [7, 11) is 1.41. The zero-order chi connectivity index (χ0) is 14.8. The van der Waals surface area contributed by atoms with Crippen molar-refractivity contribution in [1.29, 1.82) is 0 Å². The molecule has 2 aromatic heterocycles. The fourth-order valence-electron chi connectivity index (χ4n) is 1.89. The van der Waals surface area contributed by atoms with Crippen molar-refractivity contribution in [3.63, 3.8) is 0 Å². The maximum Gasteiger partial charge on any atom is 0.329 e. The van der Waals surface area contributed by atoms with Gasteiger partial charge in [0.1, 0.15) is 5.82 Å².